The molecule has 1 aromatic rings. The summed E-state index contributed by atoms with van der Waals surface area (Å²) in [4.78, 5) is 11.6. The highest BCUT2D eigenvalue weighted by Crippen LogP contribution is 2.41. The highest BCUT2D eigenvalue weighted by atomic mass is 16.5. The number of phenolic OH excluding ortho intramolecular Hbond substituents is 1. The number of fused-ring (bicyclic) bond motifs is 1. The maximum Gasteiger partial charge on any atom is 0.342 e. The van der Waals surface area contributed by atoms with Crippen LogP contribution in [0.25, 0.3) is 0 Å². The van der Waals surface area contributed by atoms with E-state index in [0.29, 0.717) is 16.9 Å². The first-order chi connectivity index (χ1) is 8.97. The number of aliphatic hydroxyl groups is 1. The zero-order chi connectivity index (χ0) is 14.2. The molecule has 0 aliphatic carbocycles. The summed E-state index contributed by atoms with van der Waals surface area (Å²) >= 11 is 0. The van der Waals surface area contributed by atoms with Crippen LogP contribution < -0.4 is 4.74 Å². The maximum absolute atomic E-state index is 11.6. The average Bonchev–Trinajstić information content (AvgIpc) is 2.74. The Labute approximate surface area is 111 Å². The Bertz CT molecular complexity index is 568. The van der Waals surface area contributed by atoms with Crippen molar-refractivity contribution >= 4 is 5.97 Å². The third kappa shape index (κ3) is 2.12. The quantitative estimate of drug-likeness (QED) is 0.647. The number of phenols is 1. The second kappa shape index (κ2) is 4.84. The minimum atomic E-state index is -0.524. The molecule has 0 unspecified atom stereocenters. The number of cyclic esters (lactones) is 1. The highest BCUT2D eigenvalue weighted by Gasteiger charge is 2.31. The summed E-state index contributed by atoms with van der Waals surface area (Å²) in [6.45, 7) is 3.51. The van der Waals surface area contributed by atoms with Gasteiger partial charge in [0.25, 0.3) is 0 Å². The zero-order valence-corrected chi connectivity index (χ0v) is 11.1. The molecule has 5 nitrogen and oxygen atoms in total. The van der Waals surface area contributed by atoms with E-state index in [1.165, 1.54) is 14.0 Å². The highest BCUT2D eigenvalue weighted by molar-refractivity contribution is 5.98. The van der Waals surface area contributed by atoms with E-state index >= 15 is 0 Å². The van der Waals surface area contributed by atoms with Gasteiger partial charge in [0.15, 0.2) is 0 Å². The third-order valence-corrected chi connectivity index (χ3v) is 3.25. The molecule has 0 fully saturated rings. The Balaban J connectivity index is 2.65. The molecule has 5 heteroatoms. The molecule has 102 valence electrons. The number of hydrogen-bond acceptors (Lipinski definition) is 5. The van der Waals surface area contributed by atoms with Crippen molar-refractivity contribution in [2.45, 2.75) is 26.9 Å². The largest absolute Gasteiger partial charge is 0.513 e. The molecule has 0 aromatic heterocycles. The minimum Gasteiger partial charge on any atom is -0.513 e. The number of aromatic hydroxyl groups is 1. The van der Waals surface area contributed by atoms with E-state index < -0.39 is 5.97 Å². The van der Waals surface area contributed by atoms with E-state index in [9.17, 15) is 15.0 Å². The Morgan fingerprint density at radius 2 is 2.21 bits per heavy atom. The standard InChI is InChI=1S/C14H16O5/c1-7(15)4-5-9-12(16)11-10(6-19-14(11)17)8(2)13(9)18-3/h4,15-16H,5-6H2,1-3H3/b7-4+. The molecule has 1 aromatic carbocycles. The third-order valence-electron chi connectivity index (χ3n) is 3.25. The van der Waals surface area contributed by atoms with E-state index in [2.05, 4.69) is 0 Å². The monoisotopic (exact) mass is 264 g/mol. The van der Waals surface area contributed by atoms with Crippen LogP contribution in [-0.2, 0) is 17.8 Å². The van der Waals surface area contributed by atoms with Crippen molar-refractivity contribution in [2.75, 3.05) is 7.11 Å². The number of esters is 1. The lowest BCUT2D eigenvalue weighted by Crippen LogP contribution is -2.03. The van der Waals surface area contributed by atoms with Crippen molar-refractivity contribution in [3.05, 3.63) is 34.1 Å². The normalized spacial score (nSPS) is 14.3. The molecule has 1 aliphatic rings. The summed E-state index contributed by atoms with van der Waals surface area (Å²) in [6.07, 6.45) is 1.82. The van der Waals surface area contributed by atoms with Crippen molar-refractivity contribution in [3.63, 3.8) is 0 Å². The van der Waals surface area contributed by atoms with Crippen LogP contribution in [0.15, 0.2) is 11.8 Å². The van der Waals surface area contributed by atoms with Crippen molar-refractivity contribution in [1.82, 2.24) is 0 Å². The Kier molecular flexibility index (Phi) is 3.38. The molecule has 0 amide bonds. The van der Waals surface area contributed by atoms with Gasteiger partial charge in [-0.1, -0.05) is 0 Å². The molecule has 1 aliphatic heterocycles. The fourth-order valence-corrected chi connectivity index (χ4v) is 2.28. The van der Waals surface area contributed by atoms with Crippen LogP contribution in [-0.4, -0.2) is 23.3 Å². The fourth-order valence-electron chi connectivity index (χ4n) is 2.28. The van der Waals surface area contributed by atoms with Gasteiger partial charge in [-0.05, 0) is 25.5 Å². The minimum absolute atomic E-state index is 0.127. The SMILES string of the molecule is COc1c(C)c2c(c(O)c1C/C=C(\C)O)C(=O)OC2. The van der Waals surface area contributed by atoms with Crippen LogP contribution in [0, 0.1) is 6.92 Å². The van der Waals surface area contributed by atoms with E-state index in [1.807, 2.05) is 6.92 Å². The van der Waals surface area contributed by atoms with Crippen LogP contribution >= 0.6 is 0 Å². The fraction of sp³-hybridized carbons (Fsp3) is 0.357. The van der Waals surface area contributed by atoms with Gasteiger partial charge in [0.05, 0.1) is 12.9 Å². The second-order valence-electron chi connectivity index (χ2n) is 4.46. The topological polar surface area (TPSA) is 76.0 Å². The molecular weight excluding hydrogens is 248 g/mol. The summed E-state index contributed by atoms with van der Waals surface area (Å²) in [6, 6.07) is 0. The molecule has 2 N–H and O–H groups in total. The Morgan fingerprint density at radius 3 is 2.79 bits per heavy atom. The first-order valence-corrected chi connectivity index (χ1v) is 5.91. The molecule has 0 spiro atoms. The van der Waals surface area contributed by atoms with E-state index in [-0.39, 0.29) is 30.1 Å². The molecule has 19 heavy (non-hydrogen) atoms. The van der Waals surface area contributed by atoms with E-state index in [1.54, 1.807) is 6.08 Å². The lowest BCUT2D eigenvalue weighted by molar-refractivity contribution is 0.0533. The Hall–Kier alpha value is -2.17. The number of benzene rings is 1. The van der Waals surface area contributed by atoms with Crippen LogP contribution in [0.3, 0.4) is 0 Å². The number of aliphatic hydroxyl groups excluding tert-OH is 1. The van der Waals surface area contributed by atoms with Crippen LogP contribution in [0.1, 0.15) is 34.0 Å². The van der Waals surface area contributed by atoms with Gasteiger partial charge in [0, 0.05) is 17.5 Å². The molecule has 0 saturated carbocycles. The van der Waals surface area contributed by atoms with Crippen molar-refractivity contribution in [2.24, 2.45) is 0 Å². The lowest BCUT2D eigenvalue weighted by atomic mass is 9.95. The van der Waals surface area contributed by atoms with Crippen LogP contribution in [0.5, 0.6) is 11.5 Å². The van der Waals surface area contributed by atoms with Crippen LogP contribution in [0.2, 0.25) is 0 Å². The summed E-state index contributed by atoms with van der Waals surface area (Å²) < 4.78 is 10.3. The predicted molar refractivity (Wildman–Crippen MR) is 68.6 cm³/mol. The summed E-state index contributed by atoms with van der Waals surface area (Å²) in [7, 11) is 1.50. The van der Waals surface area contributed by atoms with Gasteiger partial charge >= 0.3 is 5.97 Å². The van der Waals surface area contributed by atoms with Gasteiger partial charge < -0.3 is 19.7 Å². The predicted octanol–water partition coefficient (Wildman–Crippen LogP) is 2.38. The molecule has 0 radical (unpaired) electrons. The number of carbonyl (C=O) groups excluding carboxylic acids is 1. The number of methoxy groups -OCH3 is 1. The maximum atomic E-state index is 11.6. The number of rotatable bonds is 3. The molecule has 0 saturated heterocycles. The number of hydrogen-bond donors (Lipinski definition) is 2. The molecule has 1 heterocycles. The Morgan fingerprint density at radius 1 is 1.53 bits per heavy atom. The lowest BCUT2D eigenvalue weighted by Gasteiger charge is -2.15. The van der Waals surface area contributed by atoms with Gasteiger partial charge in [0.2, 0.25) is 0 Å². The van der Waals surface area contributed by atoms with Gasteiger partial charge in [0.1, 0.15) is 23.7 Å². The number of ether oxygens (including phenoxy) is 2. The van der Waals surface area contributed by atoms with Gasteiger partial charge in [-0.25, -0.2) is 4.79 Å². The summed E-state index contributed by atoms with van der Waals surface area (Å²) in [5.74, 6) is 0.0101. The first-order valence-electron chi connectivity index (χ1n) is 5.91. The van der Waals surface area contributed by atoms with Crippen molar-refractivity contribution in [3.8, 4) is 11.5 Å². The molecule has 2 rings (SSSR count). The number of carbonyl (C=O) groups is 1. The molecule has 0 atom stereocenters. The smallest absolute Gasteiger partial charge is 0.342 e. The summed E-state index contributed by atoms with van der Waals surface area (Å²) in [5.41, 5.74) is 2.12. The van der Waals surface area contributed by atoms with E-state index in [0.717, 1.165) is 5.56 Å². The molecular formula is C14H16O5. The van der Waals surface area contributed by atoms with E-state index in [4.69, 9.17) is 9.47 Å². The average molecular weight is 264 g/mol. The number of allylic oxidation sites excluding steroid dienone is 2. The van der Waals surface area contributed by atoms with Gasteiger partial charge in [-0.3, -0.25) is 0 Å². The van der Waals surface area contributed by atoms with Gasteiger partial charge in [-0.2, -0.15) is 0 Å². The molecule has 0 bridgehead atoms. The zero-order valence-electron chi connectivity index (χ0n) is 11.1. The van der Waals surface area contributed by atoms with Gasteiger partial charge in [-0.15, -0.1) is 0 Å². The second-order valence-corrected chi connectivity index (χ2v) is 4.46. The first kappa shape index (κ1) is 13.3. The summed E-state index contributed by atoms with van der Waals surface area (Å²) in [5, 5.41) is 19.5. The van der Waals surface area contributed by atoms with Crippen LogP contribution in [0.4, 0.5) is 0 Å². The van der Waals surface area contributed by atoms with Crippen molar-refractivity contribution in [1.29, 1.82) is 0 Å². The van der Waals surface area contributed by atoms with Crippen molar-refractivity contribution < 1.29 is 24.5 Å².